The lowest BCUT2D eigenvalue weighted by Gasteiger charge is -2.39. The van der Waals surface area contributed by atoms with E-state index in [1.54, 1.807) is 4.57 Å². The number of rotatable bonds is 1. The van der Waals surface area contributed by atoms with E-state index in [-0.39, 0.29) is 40.3 Å². The molecule has 0 unspecified atom stereocenters. The summed E-state index contributed by atoms with van der Waals surface area (Å²) in [6.07, 6.45) is 4.33. The highest BCUT2D eigenvalue weighted by Gasteiger charge is 2.64. The third kappa shape index (κ3) is 1.37. The first-order valence-corrected chi connectivity index (χ1v) is 10.9. The molecular formula is C23H27N3O2. The molecule has 1 aliphatic heterocycles. The third-order valence-electron chi connectivity index (χ3n) is 10.1. The molecule has 4 aliphatic carbocycles. The molecule has 0 amide bonds. The molecule has 5 nitrogen and oxygen atoms in total. The van der Waals surface area contributed by atoms with E-state index in [0.717, 1.165) is 19.3 Å². The van der Waals surface area contributed by atoms with E-state index in [4.69, 9.17) is 0 Å². The van der Waals surface area contributed by atoms with Crippen LogP contribution in [-0.2, 0) is 0 Å². The van der Waals surface area contributed by atoms with Gasteiger partial charge in [-0.15, -0.1) is 0 Å². The topological polar surface area (TPSA) is 48.9 Å². The van der Waals surface area contributed by atoms with Crippen LogP contribution in [0.3, 0.4) is 0 Å². The Kier molecular flexibility index (Phi) is 2.50. The molecule has 0 radical (unpaired) electrons. The molecule has 1 aromatic carbocycles. The Morgan fingerprint density at radius 3 is 2.36 bits per heavy atom. The van der Waals surface area contributed by atoms with Crippen LogP contribution in [0, 0.1) is 16.7 Å². The quantitative estimate of drug-likeness (QED) is 0.763. The van der Waals surface area contributed by atoms with Gasteiger partial charge in [0.05, 0.1) is 12.1 Å². The average molecular weight is 377 g/mol. The fraction of sp³-hybridized carbons (Fsp3) is 0.652. The lowest BCUT2D eigenvalue weighted by molar-refractivity contribution is 0.103. The number of aromatic nitrogens is 3. The predicted molar refractivity (Wildman–Crippen MR) is 106 cm³/mol. The lowest BCUT2D eigenvalue weighted by Crippen LogP contribution is -2.42. The minimum absolute atomic E-state index is 0.0326. The zero-order chi connectivity index (χ0) is 19.2. The number of nitrogens with zero attached hydrogens (tertiary/aromatic N) is 3. The van der Waals surface area contributed by atoms with Crippen molar-refractivity contribution in [2.75, 3.05) is 0 Å². The molecule has 3 fully saturated rings. The Morgan fingerprint density at radius 1 is 0.964 bits per heavy atom. The fourth-order valence-electron chi connectivity index (χ4n) is 8.33. The Bertz CT molecular complexity index is 1170. The van der Waals surface area contributed by atoms with Gasteiger partial charge in [0.2, 0.25) is 0 Å². The minimum Gasteiger partial charge on any atom is -0.246 e. The molecule has 7 rings (SSSR count). The lowest BCUT2D eigenvalue weighted by atomic mass is 9.69. The minimum atomic E-state index is -0.0467. The number of benzene rings is 1. The summed E-state index contributed by atoms with van der Waals surface area (Å²) >= 11 is 0. The van der Waals surface area contributed by atoms with Crippen molar-refractivity contribution in [2.45, 2.75) is 76.4 Å². The molecule has 0 saturated heterocycles. The maximum Gasteiger partial charge on any atom is 0.347 e. The Labute approximate surface area is 164 Å². The van der Waals surface area contributed by atoms with Crippen LogP contribution in [0.1, 0.15) is 87.5 Å². The highest BCUT2D eigenvalue weighted by molar-refractivity contribution is 5.46. The maximum absolute atomic E-state index is 13.7. The van der Waals surface area contributed by atoms with Crippen molar-refractivity contribution < 1.29 is 0 Å². The molecule has 2 aromatic rings. The van der Waals surface area contributed by atoms with E-state index in [1.165, 1.54) is 17.5 Å². The van der Waals surface area contributed by atoms with Crippen molar-refractivity contribution in [1.82, 2.24) is 13.9 Å². The highest BCUT2D eigenvalue weighted by Crippen LogP contribution is 2.70. The molecule has 146 valence electrons. The molecule has 2 heterocycles. The number of fused-ring (bicyclic) bond motifs is 6. The summed E-state index contributed by atoms with van der Waals surface area (Å²) in [6.45, 7) is 7.01. The number of hydrogen-bond donors (Lipinski definition) is 0. The Morgan fingerprint density at radius 2 is 1.68 bits per heavy atom. The summed E-state index contributed by atoms with van der Waals surface area (Å²) in [7, 11) is 0. The van der Waals surface area contributed by atoms with E-state index in [1.807, 2.05) is 9.36 Å². The molecule has 1 aromatic heterocycles. The van der Waals surface area contributed by atoms with Gasteiger partial charge in [-0.3, -0.25) is 0 Å². The van der Waals surface area contributed by atoms with Crippen molar-refractivity contribution in [3.05, 3.63) is 56.4 Å². The molecule has 5 heteroatoms. The first-order chi connectivity index (χ1) is 13.4. The summed E-state index contributed by atoms with van der Waals surface area (Å²) in [5.74, 6) is 1.32. The van der Waals surface area contributed by atoms with E-state index in [0.29, 0.717) is 17.8 Å². The summed E-state index contributed by atoms with van der Waals surface area (Å²) < 4.78 is 5.40. The van der Waals surface area contributed by atoms with Crippen LogP contribution in [0.25, 0.3) is 0 Å². The van der Waals surface area contributed by atoms with Gasteiger partial charge in [-0.05, 0) is 53.6 Å². The standard InChI is InChI=1S/C23H27N3O2/c1-22(2)12-8-9-23(22,3)17(10-12)24-20(27)25-16-11-15-13-6-4-5-7-14(13)18(16)19(15)26(25)21(24)28/h4-7,12,15-19H,8-11H2,1-3H3/t12-,15-,16-,17-,18+,19-,23+/m1/s1. The van der Waals surface area contributed by atoms with Gasteiger partial charge in [-0.25, -0.2) is 23.5 Å². The van der Waals surface area contributed by atoms with Crippen molar-refractivity contribution in [2.24, 2.45) is 16.7 Å². The maximum atomic E-state index is 13.7. The number of hydrogen-bond acceptors (Lipinski definition) is 2. The molecule has 5 aliphatic rings. The second-order valence-corrected chi connectivity index (χ2v) is 10.8. The van der Waals surface area contributed by atoms with E-state index in [9.17, 15) is 9.59 Å². The SMILES string of the molecule is CC1(C)[C@@H]2CC[C@@]1(C)[C@H](n1c(=O)n3n(c1=O)[C@@H]1C[C@@H]4c5ccccc5[C@@H]1[C@@H]43)C2. The zero-order valence-corrected chi connectivity index (χ0v) is 16.8. The van der Waals surface area contributed by atoms with Gasteiger partial charge in [0.25, 0.3) is 0 Å². The Hall–Kier alpha value is -2.04. The third-order valence-corrected chi connectivity index (χ3v) is 10.1. The van der Waals surface area contributed by atoms with Crippen LogP contribution < -0.4 is 11.4 Å². The first kappa shape index (κ1) is 15.8. The molecule has 7 atom stereocenters. The van der Waals surface area contributed by atoms with Crippen molar-refractivity contribution in [3.63, 3.8) is 0 Å². The van der Waals surface area contributed by atoms with Crippen molar-refractivity contribution in [1.29, 1.82) is 0 Å². The highest BCUT2D eigenvalue weighted by atomic mass is 16.2. The molecule has 0 spiro atoms. The average Bonchev–Trinajstić information content (AvgIpc) is 3.44. The smallest absolute Gasteiger partial charge is 0.246 e. The fourth-order valence-corrected chi connectivity index (χ4v) is 8.33. The van der Waals surface area contributed by atoms with Crippen LogP contribution in [0.15, 0.2) is 33.9 Å². The summed E-state index contributed by atoms with van der Waals surface area (Å²) in [5.41, 5.74) is 2.90. The first-order valence-electron chi connectivity index (χ1n) is 10.9. The summed E-state index contributed by atoms with van der Waals surface area (Å²) in [4.78, 5) is 27.2. The second-order valence-electron chi connectivity index (χ2n) is 10.8. The molecule has 28 heavy (non-hydrogen) atoms. The van der Waals surface area contributed by atoms with Crippen LogP contribution in [0.2, 0.25) is 0 Å². The van der Waals surface area contributed by atoms with E-state index >= 15 is 0 Å². The van der Waals surface area contributed by atoms with Crippen molar-refractivity contribution >= 4 is 0 Å². The molecule has 6 bridgehead atoms. The van der Waals surface area contributed by atoms with Crippen LogP contribution in [0.5, 0.6) is 0 Å². The normalized spacial score (nSPS) is 43.0. The van der Waals surface area contributed by atoms with E-state index < -0.39 is 0 Å². The van der Waals surface area contributed by atoms with Gasteiger partial charge in [0, 0.05) is 17.9 Å². The molecular weight excluding hydrogens is 350 g/mol. The summed E-state index contributed by atoms with van der Waals surface area (Å²) in [6, 6.07) is 8.97. The van der Waals surface area contributed by atoms with Crippen LogP contribution in [0.4, 0.5) is 0 Å². The van der Waals surface area contributed by atoms with Gasteiger partial charge in [-0.2, -0.15) is 0 Å². The molecule has 0 N–H and O–H groups in total. The van der Waals surface area contributed by atoms with Gasteiger partial charge in [0.1, 0.15) is 0 Å². The summed E-state index contributed by atoms with van der Waals surface area (Å²) in [5, 5.41) is 0. The largest absolute Gasteiger partial charge is 0.347 e. The van der Waals surface area contributed by atoms with Crippen LogP contribution in [-0.4, -0.2) is 13.9 Å². The predicted octanol–water partition coefficient (Wildman–Crippen LogP) is 3.58. The van der Waals surface area contributed by atoms with Gasteiger partial charge in [0.15, 0.2) is 0 Å². The second kappa shape index (κ2) is 4.42. The van der Waals surface area contributed by atoms with Gasteiger partial charge in [-0.1, -0.05) is 45.0 Å². The van der Waals surface area contributed by atoms with Crippen molar-refractivity contribution in [3.8, 4) is 0 Å². The monoisotopic (exact) mass is 377 g/mol. The van der Waals surface area contributed by atoms with E-state index in [2.05, 4.69) is 45.0 Å². The van der Waals surface area contributed by atoms with Gasteiger partial charge < -0.3 is 0 Å². The van der Waals surface area contributed by atoms with Gasteiger partial charge >= 0.3 is 11.4 Å². The Balaban J connectivity index is 1.41. The van der Waals surface area contributed by atoms with Crippen LogP contribution >= 0.6 is 0 Å². The zero-order valence-electron chi connectivity index (χ0n) is 16.8. The molecule has 3 saturated carbocycles.